The van der Waals surface area contributed by atoms with Gasteiger partial charge in [-0.15, -0.1) is 0 Å². The Morgan fingerprint density at radius 3 is 2.31 bits per heavy atom. The third kappa shape index (κ3) is 2.59. The second kappa shape index (κ2) is 4.50. The molecule has 0 radical (unpaired) electrons. The van der Waals surface area contributed by atoms with Crippen molar-refractivity contribution in [2.45, 2.75) is 19.1 Å². The minimum absolute atomic E-state index is 0.228. The van der Waals surface area contributed by atoms with Crippen molar-refractivity contribution in [2.75, 3.05) is 0 Å². The van der Waals surface area contributed by atoms with E-state index in [2.05, 4.69) is 4.98 Å². The van der Waals surface area contributed by atoms with Gasteiger partial charge in [0.05, 0.1) is 10.7 Å². The first-order valence-corrected chi connectivity index (χ1v) is 4.40. The summed E-state index contributed by atoms with van der Waals surface area (Å²) in [4.78, 5) is 3.09. The molecule has 16 heavy (non-hydrogen) atoms. The van der Waals surface area contributed by atoms with Crippen molar-refractivity contribution in [1.29, 1.82) is 0 Å². The maximum Gasteiger partial charge on any atom is 0.433 e. The van der Waals surface area contributed by atoms with E-state index < -0.39 is 41.1 Å². The highest BCUT2D eigenvalue weighted by Gasteiger charge is 2.34. The predicted molar refractivity (Wildman–Crippen MR) is 47.1 cm³/mol. The number of aromatic nitrogens is 1. The summed E-state index contributed by atoms with van der Waals surface area (Å²) < 4.78 is 61.6. The molecule has 1 aromatic heterocycles. The van der Waals surface area contributed by atoms with Gasteiger partial charge in [0.15, 0.2) is 0 Å². The van der Waals surface area contributed by atoms with Crippen LogP contribution < -0.4 is 5.73 Å². The van der Waals surface area contributed by atoms with Gasteiger partial charge < -0.3 is 5.73 Å². The van der Waals surface area contributed by atoms with Gasteiger partial charge in [0.1, 0.15) is 5.69 Å². The lowest BCUT2D eigenvalue weighted by molar-refractivity contribution is -0.141. The molecule has 0 aliphatic rings. The standard InChI is InChI=1S/C8H6ClF5N2/c9-6-3(7(10)11)1-5(8(12,13)14)16-4(6)2-15/h1,7H,2,15H2. The summed E-state index contributed by atoms with van der Waals surface area (Å²) in [5.74, 6) is 0. The van der Waals surface area contributed by atoms with E-state index in [9.17, 15) is 22.0 Å². The van der Waals surface area contributed by atoms with Crippen LogP contribution >= 0.6 is 11.6 Å². The molecule has 0 unspecified atom stereocenters. The van der Waals surface area contributed by atoms with E-state index in [1.165, 1.54) is 0 Å². The molecular weight excluding hydrogens is 255 g/mol. The highest BCUT2D eigenvalue weighted by molar-refractivity contribution is 6.32. The molecule has 0 bridgehead atoms. The van der Waals surface area contributed by atoms with E-state index in [4.69, 9.17) is 17.3 Å². The Bertz CT molecular complexity index is 391. The van der Waals surface area contributed by atoms with Gasteiger partial charge in [0, 0.05) is 12.1 Å². The third-order valence-electron chi connectivity index (χ3n) is 1.77. The van der Waals surface area contributed by atoms with Crippen LogP contribution in [-0.4, -0.2) is 4.98 Å². The van der Waals surface area contributed by atoms with Crippen molar-refractivity contribution in [3.63, 3.8) is 0 Å². The molecule has 0 spiro atoms. The van der Waals surface area contributed by atoms with Gasteiger partial charge >= 0.3 is 6.18 Å². The molecule has 1 rings (SSSR count). The fourth-order valence-corrected chi connectivity index (χ4v) is 1.30. The van der Waals surface area contributed by atoms with Crippen LogP contribution in [0.25, 0.3) is 0 Å². The van der Waals surface area contributed by atoms with Crippen molar-refractivity contribution in [1.82, 2.24) is 4.98 Å². The van der Waals surface area contributed by atoms with Crippen molar-refractivity contribution >= 4 is 11.6 Å². The molecule has 90 valence electrons. The normalized spacial score (nSPS) is 12.2. The third-order valence-corrected chi connectivity index (χ3v) is 2.21. The second-order valence-electron chi connectivity index (χ2n) is 2.86. The fraction of sp³-hybridized carbons (Fsp3) is 0.375. The summed E-state index contributed by atoms with van der Waals surface area (Å²) in [6.07, 6.45) is -7.92. The van der Waals surface area contributed by atoms with Crippen LogP contribution in [0.4, 0.5) is 22.0 Å². The summed E-state index contributed by atoms with van der Waals surface area (Å²) in [7, 11) is 0. The van der Waals surface area contributed by atoms with Crippen LogP contribution in [0, 0.1) is 0 Å². The fourth-order valence-electron chi connectivity index (χ4n) is 1.04. The van der Waals surface area contributed by atoms with Crippen LogP contribution in [0.2, 0.25) is 5.02 Å². The lowest BCUT2D eigenvalue weighted by Gasteiger charge is -2.12. The van der Waals surface area contributed by atoms with E-state index in [1.54, 1.807) is 0 Å². The molecular formula is C8H6ClF5N2. The number of alkyl halides is 5. The zero-order chi connectivity index (χ0) is 12.5. The minimum atomic E-state index is -4.81. The molecule has 1 aromatic rings. The maximum atomic E-state index is 12.4. The van der Waals surface area contributed by atoms with Crippen molar-refractivity contribution in [2.24, 2.45) is 5.73 Å². The Balaban J connectivity index is 3.40. The number of pyridine rings is 1. The first-order chi connectivity index (χ1) is 7.27. The lowest BCUT2D eigenvalue weighted by Crippen LogP contribution is -2.13. The summed E-state index contributed by atoms with van der Waals surface area (Å²) in [6.45, 7) is -0.442. The molecule has 0 saturated carbocycles. The van der Waals surface area contributed by atoms with E-state index >= 15 is 0 Å². The Kier molecular flexibility index (Phi) is 3.69. The highest BCUT2D eigenvalue weighted by Crippen LogP contribution is 2.35. The number of nitrogens with zero attached hydrogens (tertiary/aromatic N) is 1. The first-order valence-electron chi connectivity index (χ1n) is 4.02. The first kappa shape index (κ1) is 13.1. The number of hydrogen-bond acceptors (Lipinski definition) is 2. The largest absolute Gasteiger partial charge is 0.433 e. The van der Waals surface area contributed by atoms with Gasteiger partial charge in [0.2, 0.25) is 0 Å². The Morgan fingerprint density at radius 1 is 1.38 bits per heavy atom. The molecule has 0 saturated heterocycles. The molecule has 2 nitrogen and oxygen atoms in total. The number of hydrogen-bond donors (Lipinski definition) is 1. The average Bonchev–Trinajstić information content (AvgIpc) is 2.15. The van der Waals surface area contributed by atoms with Gasteiger partial charge in [0.25, 0.3) is 6.43 Å². The summed E-state index contributed by atoms with van der Waals surface area (Å²) in [5, 5.41) is -0.523. The van der Waals surface area contributed by atoms with Gasteiger partial charge in [-0.25, -0.2) is 13.8 Å². The zero-order valence-electron chi connectivity index (χ0n) is 7.65. The van der Waals surface area contributed by atoms with Gasteiger partial charge in [-0.3, -0.25) is 0 Å². The van der Waals surface area contributed by atoms with Crippen LogP contribution in [0.15, 0.2) is 6.07 Å². The molecule has 0 aliphatic carbocycles. The van der Waals surface area contributed by atoms with Gasteiger partial charge in [-0.2, -0.15) is 13.2 Å². The summed E-state index contributed by atoms with van der Waals surface area (Å²) in [6, 6.07) is 0.228. The van der Waals surface area contributed by atoms with Crippen molar-refractivity contribution in [3.8, 4) is 0 Å². The van der Waals surface area contributed by atoms with E-state index in [1.807, 2.05) is 0 Å². The van der Waals surface area contributed by atoms with E-state index in [0.29, 0.717) is 0 Å². The smallest absolute Gasteiger partial charge is 0.325 e. The number of halogens is 6. The van der Waals surface area contributed by atoms with E-state index in [0.717, 1.165) is 0 Å². The molecule has 0 fully saturated rings. The quantitative estimate of drug-likeness (QED) is 0.830. The van der Waals surface area contributed by atoms with Crippen molar-refractivity contribution < 1.29 is 22.0 Å². The Hall–Kier alpha value is -0.950. The van der Waals surface area contributed by atoms with Gasteiger partial charge in [-0.1, -0.05) is 11.6 Å². The maximum absolute atomic E-state index is 12.4. The number of rotatable bonds is 2. The highest BCUT2D eigenvalue weighted by atomic mass is 35.5. The SMILES string of the molecule is NCc1nc(C(F)(F)F)cc(C(F)F)c1Cl. The Labute approximate surface area is 92.2 Å². The molecule has 2 N–H and O–H groups in total. The van der Waals surface area contributed by atoms with Gasteiger partial charge in [-0.05, 0) is 6.07 Å². The number of nitrogens with two attached hydrogens (primary N) is 1. The predicted octanol–water partition coefficient (Wildman–Crippen LogP) is 3.15. The summed E-state index contributed by atoms with van der Waals surface area (Å²) >= 11 is 5.44. The average molecular weight is 261 g/mol. The molecule has 0 atom stereocenters. The second-order valence-corrected chi connectivity index (χ2v) is 3.24. The lowest BCUT2D eigenvalue weighted by atomic mass is 10.2. The topological polar surface area (TPSA) is 38.9 Å². The molecule has 0 amide bonds. The molecule has 8 heteroatoms. The molecule has 0 aliphatic heterocycles. The monoisotopic (exact) mass is 260 g/mol. The zero-order valence-corrected chi connectivity index (χ0v) is 8.41. The van der Waals surface area contributed by atoms with E-state index in [-0.39, 0.29) is 6.07 Å². The summed E-state index contributed by atoms with van der Waals surface area (Å²) in [5.41, 5.74) is 2.34. The molecule has 0 aromatic carbocycles. The van der Waals surface area contributed by atoms with Crippen molar-refractivity contribution in [3.05, 3.63) is 28.0 Å². The van der Waals surface area contributed by atoms with Crippen LogP contribution in [0.5, 0.6) is 0 Å². The van der Waals surface area contributed by atoms with Crippen LogP contribution in [0.1, 0.15) is 23.4 Å². The van der Waals surface area contributed by atoms with Crippen LogP contribution in [-0.2, 0) is 12.7 Å². The minimum Gasteiger partial charge on any atom is -0.325 e. The molecule has 1 heterocycles. The van der Waals surface area contributed by atoms with Crippen LogP contribution in [0.3, 0.4) is 0 Å². The Morgan fingerprint density at radius 2 is 1.94 bits per heavy atom.